The van der Waals surface area contributed by atoms with Crippen molar-refractivity contribution in [2.75, 3.05) is 0 Å². The lowest BCUT2D eigenvalue weighted by molar-refractivity contribution is -0.138. The summed E-state index contributed by atoms with van der Waals surface area (Å²) in [6.07, 6.45) is 6.70. The van der Waals surface area contributed by atoms with E-state index in [9.17, 15) is 4.79 Å². The molecule has 0 radical (unpaired) electrons. The van der Waals surface area contributed by atoms with Crippen molar-refractivity contribution in [2.24, 2.45) is 23.7 Å². The lowest BCUT2D eigenvalue weighted by atomic mass is 9.54. The molecular weight excluding hydrogens is 310 g/mol. The van der Waals surface area contributed by atoms with Crippen LogP contribution in [-0.2, 0) is 4.79 Å². The van der Waals surface area contributed by atoms with Crippen LogP contribution in [0.4, 0.5) is 0 Å². The van der Waals surface area contributed by atoms with Crippen molar-refractivity contribution in [3.8, 4) is 5.75 Å². The van der Waals surface area contributed by atoms with Gasteiger partial charge >= 0.3 is 0 Å². The Bertz CT molecular complexity index is 630. The Hall–Kier alpha value is -1.51. The molecule has 3 nitrogen and oxygen atoms in total. The van der Waals surface area contributed by atoms with E-state index in [1.807, 2.05) is 26.0 Å². The molecule has 1 aromatic carbocycles. The van der Waals surface area contributed by atoms with Crippen LogP contribution in [0.15, 0.2) is 18.2 Å². The molecule has 136 valence electrons. The van der Waals surface area contributed by atoms with Gasteiger partial charge in [0.1, 0.15) is 5.75 Å². The zero-order valence-corrected chi connectivity index (χ0v) is 16.0. The second kappa shape index (κ2) is 6.03. The molecule has 1 aromatic rings. The fraction of sp³-hybridized carbons (Fsp3) is 0.682. The molecule has 0 spiro atoms. The van der Waals surface area contributed by atoms with Crippen LogP contribution in [0.1, 0.15) is 57.1 Å². The molecule has 4 fully saturated rings. The maximum atomic E-state index is 13.0. The largest absolute Gasteiger partial charge is 0.478 e. The van der Waals surface area contributed by atoms with E-state index in [1.165, 1.54) is 32.1 Å². The van der Waals surface area contributed by atoms with E-state index >= 15 is 0 Å². The van der Waals surface area contributed by atoms with Gasteiger partial charge in [0, 0.05) is 6.04 Å². The summed E-state index contributed by atoms with van der Waals surface area (Å²) in [7, 11) is 0. The van der Waals surface area contributed by atoms with Crippen LogP contribution in [0.5, 0.6) is 5.75 Å². The Morgan fingerprint density at radius 2 is 1.48 bits per heavy atom. The van der Waals surface area contributed by atoms with E-state index in [0.717, 1.165) is 28.7 Å². The standard InChI is InChI=1S/C22H31NO2/c1-13-5-14(2)7-19(6-13)25-22(3,4)21(24)23-20-17-9-15-8-16(11-17)12-18(20)10-15/h5-7,15-18,20H,8-12H2,1-4H3,(H,23,24). The number of aryl methyl sites for hydroxylation is 2. The zero-order chi connectivity index (χ0) is 17.8. The Labute approximate surface area is 151 Å². The molecule has 0 aromatic heterocycles. The molecule has 4 aliphatic carbocycles. The van der Waals surface area contributed by atoms with Gasteiger partial charge in [0.05, 0.1) is 0 Å². The highest BCUT2D eigenvalue weighted by atomic mass is 16.5. The summed E-state index contributed by atoms with van der Waals surface area (Å²) in [6, 6.07) is 6.49. The van der Waals surface area contributed by atoms with E-state index in [-0.39, 0.29) is 5.91 Å². The molecule has 0 unspecified atom stereocenters. The molecule has 0 atom stereocenters. The molecule has 1 amide bonds. The molecule has 0 saturated heterocycles. The van der Waals surface area contributed by atoms with Crippen molar-refractivity contribution >= 4 is 5.91 Å². The first kappa shape index (κ1) is 16.9. The highest BCUT2D eigenvalue weighted by molar-refractivity contribution is 5.85. The highest BCUT2D eigenvalue weighted by Gasteiger charge is 2.49. The van der Waals surface area contributed by atoms with Crippen LogP contribution < -0.4 is 10.1 Å². The fourth-order valence-corrected chi connectivity index (χ4v) is 5.82. The molecule has 4 bridgehead atoms. The number of hydrogen-bond donors (Lipinski definition) is 1. The molecule has 4 saturated carbocycles. The third-order valence-corrected chi connectivity index (χ3v) is 6.64. The average molecular weight is 341 g/mol. The number of amides is 1. The Kier molecular flexibility index (Phi) is 4.09. The van der Waals surface area contributed by atoms with Crippen molar-refractivity contribution in [1.82, 2.24) is 5.32 Å². The summed E-state index contributed by atoms with van der Waals surface area (Å²) in [5, 5.41) is 3.39. The van der Waals surface area contributed by atoms with Crippen LogP contribution in [0.2, 0.25) is 0 Å². The number of carbonyl (C=O) groups excluding carboxylic acids is 1. The summed E-state index contributed by atoms with van der Waals surface area (Å²) < 4.78 is 6.11. The maximum absolute atomic E-state index is 13.0. The highest BCUT2D eigenvalue weighted by Crippen LogP contribution is 2.53. The normalized spacial score (nSPS) is 33.4. The van der Waals surface area contributed by atoms with Gasteiger partial charge in [0.2, 0.25) is 0 Å². The Balaban J connectivity index is 1.44. The monoisotopic (exact) mass is 341 g/mol. The Morgan fingerprint density at radius 1 is 0.960 bits per heavy atom. The summed E-state index contributed by atoms with van der Waals surface area (Å²) in [5.74, 6) is 4.05. The maximum Gasteiger partial charge on any atom is 0.263 e. The topological polar surface area (TPSA) is 38.3 Å². The minimum Gasteiger partial charge on any atom is -0.478 e. The van der Waals surface area contributed by atoms with Crippen LogP contribution in [0.25, 0.3) is 0 Å². The SMILES string of the molecule is Cc1cc(C)cc(OC(C)(C)C(=O)NC2C3CC4CC(C3)CC2C4)c1. The van der Waals surface area contributed by atoms with Crippen LogP contribution >= 0.6 is 0 Å². The van der Waals surface area contributed by atoms with Crippen molar-refractivity contribution in [2.45, 2.75) is 71.4 Å². The average Bonchev–Trinajstić information content (AvgIpc) is 2.48. The molecular formula is C22H31NO2. The van der Waals surface area contributed by atoms with Gasteiger partial charge in [-0.15, -0.1) is 0 Å². The predicted octanol–water partition coefficient (Wildman–Crippen LogP) is 4.40. The van der Waals surface area contributed by atoms with Crippen LogP contribution in [-0.4, -0.2) is 17.6 Å². The van der Waals surface area contributed by atoms with Crippen molar-refractivity contribution in [3.63, 3.8) is 0 Å². The fourth-order valence-electron chi connectivity index (χ4n) is 5.82. The van der Waals surface area contributed by atoms with E-state index in [4.69, 9.17) is 4.74 Å². The van der Waals surface area contributed by atoms with E-state index in [2.05, 4.69) is 25.2 Å². The van der Waals surface area contributed by atoms with Crippen molar-refractivity contribution in [3.05, 3.63) is 29.3 Å². The number of carbonyl (C=O) groups is 1. The van der Waals surface area contributed by atoms with E-state index in [0.29, 0.717) is 17.9 Å². The van der Waals surface area contributed by atoms with E-state index in [1.54, 1.807) is 0 Å². The molecule has 25 heavy (non-hydrogen) atoms. The van der Waals surface area contributed by atoms with Crippen LogP contribution in [0, 0.1) is 37.5 Å². The van der Waals surface area contributed by atoms with Gasteiger partial charge in [-0.25, -0.2) is 0 Å². The van der Waals surface area contributed by atoms with Gasteiger partial charge in [-0.3, -0.25) is 4.79 Å². The first-order chi connectivity index (χ1) is 11.8. The van der Waals surface area contributed by atoms with Gasteiger partial charge in [-0.05, 0) is 107 Å². The molecule has 3 heteroatoms. The van der Waals surface area contributed by atoms with E-state index < -0.39 is 5.60 Å². The molecule has 1 N–H and O–H groups in total. The lowest BCUT2D eigenvalue weighted by Crippen LogP contribution is -2.59. The van der Waals surface area contributed by atoms with Gasteiger partial charge in [-0.2, -0.15) is 0 Å². The minimum absolute atomic E-state index is 0.0316. The number of rotatable bonds is 4. The van der Waals surface area contributed by atoms with Gasteiger partial charge in [0.25, 0.3) is 5.91 Å². The van der Waals surface area contributed by atoms with Gasteiger partial charge in [-0.1, -0.05) is 6.07 Å². The second-order valence-corrected chi connectivity index (χ2v) is 9.37. The van der Waals surface area contributed by atoms with Crippen molar-refractivity contribution in [1.29, 1.82) is 0 Å². The first-order valence-corrected chi connectivity index (χ1v) is 9.88. The van der Waals surface area contributed by atoms with Crippen LogP contribution in [0.3, 0.4) is 0 Å². The first-order valence-electron chi connectivity index (χ1n) is 9.88. The lowest BCUT2D eigenvalue weighted by Gasteiger charge is -2.54. The zero-order valence-electron chi connectivity index (χ0n) is 16.0. The summed E-state index contributed by atoms with van der Waals surface area (Å²) in [5.41, 5.74) is 1.47. The number of nitrogens with one attached hydrogen (secondary N) is 1. The van der Waals surface area contributed by atoms with Gasteiger partial charge in [0.15, 0.2) is 5.60 Å². The number of ether oxygens (including phenoxy) is 1. The smallest absolute Gasteiger partial charge is 0.263 e. The van der Waals surface area contributed by atoms with Gasteiger partial charge < -0.3 is 10.1 Å². The third-order valence-electron chi connectivity index (χ3n) is 6.64. The Morgan fingerprint density at radius 3 is 2.00 bits per heavy atom. The molecule has 0 heterocycles. The molecule has 4 aliphatic rings. The third kappa shape index (κ3) is 3.30. The molecule has 5 rings (SSSR count). The summed E-state index contributed by atoms with van der Waals surface area (Å²) >= 11 is 0. The number of benzene rings is 1. The summed E-state index contributed by atoms with van der Waals surface area (Å²) in [4.78, 5) is 13.0. The minimum atomic E-state index is -0.852. The number of hydrogen-bond acceptors (Lipinski definition) is 2. The quantitative estimate of drug-likeness (QED) is 0.881. The predicted molar refractivity (Wildman–Crippen MR) is 99.6 cm³/mol. The van der Waals surface area contributed by atoms with Crippen molar-refractivity contribution < 1.29 is 9.53 Å². The summed E-state index contributed by atoms with van der Waals surface area (Å²) in [6.45, 7) is 7.88. The molecule has 0 aliphatic heterocycles. The second-order valence-electron chi connectivity index (χ2n) is 9.37.